The van der Waals surface area contributed by atoms with Crippen molar-refractivity contribution in [3.8, 4) is 0 Å². The molecule has 1 aromatic carbocycles. The Hall–Kier alpha value is -1.21. The van der Waals surface area contributed by atoms with E-state index in [1.54, 1.807) is 0 Å². The van der Waals surface area contributed by atoms with Crippen molar-refractivity contribution in [3.63, 3.8) is 0 Å². The molecule has 0 aliphatic carbocycles. The quantitative estimate of drug-likeness (QED) is 0.740. The van der Waals surface area contributed by atoms with Crippen LogP contribution in [0.5, 0.6) is 0 Å². The van der Waals surface area contributed by atoms with Crippen LogP contribution >= 0.6 is 36.4 Å². The summed E-state index contributed by atoms with van der Waals surface area (Å²) in [6, 6.07) is 8.01. The summed E-state index contributed by atoms with van der Waals surface area (Å²) in [4.78, 5) is 28.3. The number of nitrogens with zero attached hydrogens (tertiary/aromatic N) is 2. The molecular weight excluding hydrogens is 411 g/mol. The van der Waals surface area contributed by atoms with Crippen LogP contribution in [0, 0.1) is 0 Å². The van der Waals surface area contributed by atoms with Gasteiger partial charge in [-0.1, -0.05) is 11.6 Å². The van der Waals surface area contributed by atoms with Gasteiger partial charge in [-0.05, 0) is 43.7 Å². The Labute approximate surface area is 177 Å². The molecular formula is C18H27Cl3N4O2. The Morgan fingerprint density at radius 2 is 1.78 bits per heavy atom. The zero-order valence-corrected chi connectivity index (χ0v) is 17.5. The first kappa shape index (κ1) is 23.8. The molecule has 0 bridgehead atoms. The lowest BCUT2D eigenvalue weighted by atomic mass is 10.1. The van der Waals surface area contributed by atoms with Crippen molar-refractivity contribution in [1.29, 1.82) is 0 Å². The molecule has 2 amide bonds. The number of carbonyl (C=O) groups excluding carboxylic acids is 2. The van der Waals surface area contributed by atoms with Gasteiger partial charge in [0.05, 0.1) is 6.54 Å². The minimum absolute atomic E-state index is 0. The summed E-state index contributed by atoms with van der Waals surface area (Å²) in [5, 5.41) is 6.77. The Balaban J connectivity index is 0.00000182. The van der Waals surface area contributed by atoms with Crippen molar-refractivity contribution in [2.24, 2.45) is 0 Å². The van der Waals surface area contributed by atoms with Crippen molar-refractivity contribution in [1.82, 2.24) is 15.5 Å². The number of halogens is 3. The lowest BCUT2D eigenvalue weighted by Crippen LogP contribution is -2.51. The van der Waals surface area contributed by atoms with Gasteiger partial charge >= 0.3 is 0 Å². The van der Waals surface area contributed by atoms with E-state index in [4.69, 9.17) is 11.6 Å². The number of amides is 2. The van der Waals surface area contributed by atoms with Crippen LogP contribution < -0.4 is 15.5 Å². The van der Waals surface area contributed by atoms with Crippen molar-refractivity contribution >= 4 is 53.9 Å². The fourth-order valence-corrected chi connectivity index (χ4v) is 3.50. The first-order chi connectivity index (χ1) is 12.1. The molecule has 6 nitrogen and oxygen atoms in total. The van der Waals surface area contributed by atoms with Gasteiger partial charge in [0, 0.05) is 49.4 Å². The van der Waals surface area contributed by atoms with Gasteiger partial charge in [-0.15, -0.1) is 24.8 Å². The molecule has 2 fully saturated rings. The summed E-state index contributed by atoms with van der Waals surface area (Å²) in [5.41, 5.74) is 1.12. The third-order valence-corrected chi connectivity index (χ3v) is 5.11. The van der Waals surface area contributed by atoms with E-state index in [1.807, 2.05) is 29.2 Å². The predicted octanol–water partition coefficient (Wildman–Crippen LogP) is 2.09. The molecule has 0 radical (unpaired) electrons. The molecule has 2 heterocycles. The highest BCUT2D eigenvalue weighted by molar-refractivity contribution is 6.30. The van der Waals surface area contributed by atoms with Gasteiger partial charge in [0.15, 0.2) is 0 Å². The number of carbonyl (C=O) groups is 2. The van der Waals surface area contributed by atoms with E-state index < -0.39 is 0 Å². The fraction of sp³-hybridized carbons (Fsp3) is 0.556. The van der Waals surface area contributed by atoms with E-state index in [9.17, 15) is 9.59 Å². The van der Waals surface area contributed by atoms with Crippen LogP contribution in [0.1, 0.15) is 19.3 Å². The fourth-order valence-electron chi connectivity index (χ4n) is 3.38. The maximum atomic E-state index is 12.3. The largest absolute Gasteiger partial charge is 0.368 e. The monoisotopic (exact) mass is 436 g/mol. The van der Waals surface area contributed by atoms with Crippen LogP contribution in [0.2, 0.25) is 5.02 Å². The van der Waals surface area contributed by atoms with E-state index in [0.29, 0.717) is 19.5 Å². The molecule has 0 aromatic heterocycles. The van der Waals surface area contributed by atoms with E-state index >= 15 is 0 Å². The molecule has 2 aliphatic heterocycles. The van der Waals surface area contributed by atoms with Gasteiger partial charge in [-0.3, -0.25) is 9.59 Å². The van der Waals surface area contributed by atoms with Crippen LogP contribution in [-0.4, -0.2) is 62.0 Å². The maximum absolute atomic E-state index is 12.3. The summed E-state index contributed by atoms with van der Waals surface area (Å²) in [5.74, 6) is -0.0592. The smallest absolute Gasteiger partial charge is 0.242 e. The molecule has 3 rings (SSSR count). The third-order valence-electron chi connectivity index (χ3n) is 4.86. The van der Waals surface area contributed by atoms with Gasteiger partial charge in [-0.2, -0.15) is 0 Å². The second-order valence-electron chi connectivity index (χ2n) is 6.62. The SMILES string of the molecule is Cl.Cl.O=C(CC1CCCN1)NCC(=O)N1CCN(c2ccc(Cl)cc2)CC1. The standard InChI is InChI=1S/C18H25ClN4O2.2ClH/c19-14-3-5-16(6-4-14)22-8-10-23(11-9-22)18(25)13-21-17(24)12-15-2-1-7-20-15;;/h3-6,15,20H,1-2,7-13H2,(H,21,24);2*1H. The molecule has 1 unspecified atom stereocenters. The number of anilines is 1. The number of benzene rings is 1. The van der Waals surface area contributed by atoms with Crippen LogP contribution in [-0.2, 0) is 9.59 Å². The zero-order valence-electron chi connectivity index (χ0n) is 15.2. The molecule has 9 heteroatoms. The summed E-state index contributed by atoms with van der Waals surface area (Å²) >= 11 is 5.92. The van der Waals surface area contributed by atoms with Gasteiger partial charge in [0.1, 0.15) is 0 Å². The molecule has 2 aliphatic rings. The highest BCUT2D eigenvalue weighted by atomic mass is 35.5. The minimum atomic E-state index is -0.0486. The molecule has 2 saturated heterocycles. The summed E-state index contributed by atoms with van der Waals surface area (Å²) in [6.45, 7) is 3.98. The average Bonchev–Trinajstić information content (AvgIpc) is 3.13. The Morgan fingerprint density at radius 1 is 1.11 bits per heavy atom. The first-order valence-corrected chi connectivity index (χ1v) is 9.28. The molecule has 2 N–H and O–H groups in total. The van der Waals surface area contributed by atoms with E-state index in [2.05, 4.69) is 15.5 Å². The van der Waals surface area contributed by atoms with Crippen molar-refractivity contribution in [2.75, 3.05) is 44.2 Å². The number of piperazine rings is 1. The van der Waals surface area contributed by atoms with Crippen LogP contribution in [0.15, 0.2) is 24.3 Å². The van der Waals surface area contributed by atoms with E-state index in [0.717, 1.165) is 43.2 Å². The molecule has 0 saturated carbocycles. The first-order valence-electron chi connectivity index (χ1n) is 8.90. The molecule has 0 spiro atoms. The second kappa shape index (κ2) is 11.6. The van der Waals surface area contributed by atoms with E-state index in [1.165, 1.54) is 0 Å². The Bertz CT molecular complexity index is 601. The molecule has 27 heavy (non-hydrogen) atoms. The Morgan fingerprint density at radius 3 is 2.37 bits per heavy atom. The van der Waals surface area contributed by atoms with Crippen LogP contribution in [0.3, 0.4) is 0 Å². The van der Waals surface area contributed by atoms with Crippen molar-refractivity contribution in [2.45, 2.75) is 25.3 Å². The highest BCUT2D eigenvalue weighted by Gasteiger charge is 2.22. The average molecular weight is 438 g/mol. The molecule has 1 atom stereocenters. The molecule has 1 aromatic rings. The summed E-state index contributed by atoms with van der Waals surface area (Å²) < 4.78 is 0. The lowest BCUT2D eigenvalue weighted by Gasteiger charge is -2.36. The van der Waals surface area contributed by atoms with Crippen LogP contribution in [0.4, 0.5) is 5.69 Å². The van der Waals surface area contributed by atoms with Gasteiger partial charge < -0.3 is 20.4 Å². The van der Waals surface area contributed by atoms with Gasteiger partial charge in [0.2, 0.25) is 11.8 Å². The van der Waals surface area contributed by atoms with Gasteiger partial charge in [0.25, 0.3) is 0 Å². The third kappa shape index (κ3) is 7.03. The maximum Gasteiger partial charge on any atom is 0.242 e. The predicted molar refractivity (Wildman–Crippen MR) is 113 cm³/mol. The number of hydrogen-bond donors (Lipinski definition) is 2. The topological polar surface area (TPSA) is 64.7 Å². The normalized spacial score (nSPS) is 19.1. The lowest BCUT2D eigenvalue weighted by molar-refractivity contribution is -0.133. The summed E-state index contributed by atoms with van der Waals surface area (Å²) in [7, 11) is 0. The Kier molecular flexibility index (Phi) is 10.2. The zero-order chi connectivity index (χ0) is 17.6. The van der Waals surface area contributed by atoms with Crippen molar-refractivity contribution < 1.29 is 9.59 Å². The second-order valence-corrected chi connectivity index (χ2v) is 7.05. The molecule has 152 valence electrons. The number of hydrogen-bond acceptors (Lipinski definition) is 4. The van der Waals surface area contributed by atoms with E-state index in [-0.39, 0.29) is 49.2 Å². The highest BCUT2D eigenvalue weighted by Crippen LogP contribution is 2.19. The minimum Gasteiger partial charge on any atom is -0.368 e. The summed E-state index contributed by atoms with van der Waals surface area (Å²) in [6.07, 6.45) is 2.61. The van der Waals surface area contributed by atoms with Crippen molar-refractivity contribution in [3.05, 3.63) is 29.3 Å². The number of nitrogens with one attached hydrogen (secondary N) is 2. The van der Waals surface area contributed by atoms with Gasteiger partial charge in [-0.25, -0.2) is 0 Å². The van der Waals surface area contributed by atoms with Crippen LogP contribution in [0.25, 0.3) is 0 Å². The number of rotatable bonds is 5.